The van der Waals surface area contributed by atoms with Crippen LogP contribution in [0.5, 0.6) is 0 Å². The molecule has 0 amide bonds. The molecule has 0 aliphatic rings. The molecule has 0 unspecified atom stereocenters. The van der Waals surface area contributed by atoms with Crippen LogP contribution in [0, 0.1) is 6.92 Å². The van der Waals surface area contributed by atoms with Gasteiger partial charge in [-0.15, -0.1) is 0 Å². The van der Waals surface area contributed by atoms with Crippen molar-refractivity contribution in [2.24, 2.45) is 10.2 Å². The Morgan fingerprint density at radius 2 is 1.83 bits per heavy atom. The van der Waals surface area contributed by atoms with Gasteiger partial charge < -0.3 is 15.1 Å². The van der Waals surface area contributed by atoms with Crippen LogP contribution < -0.4 is 10.6 Å². The lowest BCUT2D eigenvalue weighted by Crippen LogP contribution is -2.14. The third-order valence-corrected chi connectivity index (χ3v) is 5.72. The number of rotatable bonds is 8. The number of nitrogens with one attached hydrogen (secondary N) is 2. The number of carbonyl (C=O) groups excluding carboxylic acids is 1. The number of aryl methyl sites for hydroxylation is 1. The molecule has 8 nitrogen and oxygen atoms in total. The molecule has 8 heteroatoms. The summed E-state index contributed by atoms with van der Waals surface area (Å²) in [7, 11) is 1.65. The first-order valence-electron chi connectivity index (χ1n) is 11.5. The smallest absolute Gasteiger partial charge is 0.185 e. The van der Waals surface area contributed by atoms with Crippen molar-refractivity contribution in [3.8, 4) is 11.4 Å². The topological polar surface area (TPSA) is 105 Å². The summed E-state index contributed by atoms with van der Waals surface area (Å²) in [6, 6.07) is 23.1. The van der Waals surface area contributed by atoms with E-state index >= 15 is 0 Å². The van der Waals surface area contributed by atoms with Crippen molar-refractivity contribution >= 4 is 39.6 Å². The highest BCUT2D eigenvalue weighted by atomic mass is 16.3. The molecule has 2 N–H and O–H groups in total. The monoisotopic (exact) mass is 476 g/mol. The van der Waals surface area contributed by atoms with E-state index in [0.29, 0.717) is 17.2 Å². The zero-order valence-corrected chi connectivity index (χ0v) is 19.9. The van der Waals surface area contributed by atoms with Gasteiger partial charge >= 0.3 is 0 Å². The number of para-hydroxylation sites is 2. The van der Waals surface area contributed by atoms with Gasteiger partial charge in [-0.05, 0) is 61.0 Å². The van der Waals surface area contributed by atoms with Crippen LogP contribution in [0.25, 0.3) is 22.3 Å². The van der Waals surface area contributed by atoms with Gasteiger partial charge in [0.05, 0.1) is 29.6 Å². The molecule has 36 heavy (non-hydrogen) atoms. The highest BCUT2D eigenvalue weighted by molar-refractivity contribution is 5.99. The molecule has 0 radical (unpaired) electrons. The number of benzene rings is 3. The van der Waals surface area contributed by atoms with E-state index in [-0.39, 0.29) is 12.3 Å². The summed E-state index contributed by atoms with van der Waals surface area (Å²) < 4.78 is 5.02. The van der Waals surface area contributed by atoms with Crippen molar-refractivity contribution < 1.29 is 9.21 Å². The first-order chi connectivity index (χ1) is 17.6. The number of hydrogen-bond acceptors (Lipinski definition) is 8. The average molecular weight is 477 g/mol. The lowest BCUT2D eigenvalue weighted by atomic mass is 10.1. The molecule has 3 aromatic carbocycles. The third kappa shape index (κ3) is 4.83. The zero-order chi connectivity index (χ0) is 24.9. The Morgan fingerprint density at radius 3 is 2.64 bits per heavy atom. The van der Waals surface area contributed by atoms with Gasteiger partial charge in [-0.1, -0.05) is 24.3 Å². The van der Waals surface area contributed by atoms with Crippen LogP contribution in [0.3, 0.4) is 0 Å². The van der Waals surface area contributed by atoms with Crippen LogP contribution in [-0.4, -0.2) is 29.3 Å². The van der Waals surface area contributed by atoms with E-state index in [9.17, 15) is 4.79 Å². The molecule has 0 aliphatic heterocycles. The Hall–Kier alpha value is -4.85. The maximum absolute atomic E-state index is 12.5. The number of ketones is 1. The molecule has 0 spiro atoms. The maximum atomic E-state index is 12.5. The van der Waals surface area contributed by atoms with Crippen LogP contribution in [0.2, 0.25) is 0 Å². The number of nitrogens with zero attached hydrogens (tertiary/aromatic N) is 4. The minimum atomic E-state index is -0.0678. The minimum absolute atomic E-state index is 0.0678. The van der Waals surface area contributed by atoms with Crippen molar-refractivity contribution in [1.29, 1.82) is 0 Å². The molecule has 0 saturated heterocycles. The van der Waals surface area contributed by atoms with Crippen molar-refractivity contribution in [3.05, 3.63) is 96.4 Å². The number of azo groups is 1. The molecular weight excluding hydrogens is 452 g/mol. The standard InChI is InChI=1S/C28H24N6O2/c1-18-15-20(11-12-23(18)34-29-2)31-27-22-8-4-6-10-25(22)32-28(33-27)21-7-3-5-9-24(21)30-16-26(35)19-13-14-36-17-19/h3-15,17,30H,16H2,1-2H3,(H,31,32,33). The summed E-state index contributed by atoms with van der Waals surface area (Å²) in [6.45, 7) is 2.11. The summed E-state index contributed by atoms with van der Waals surface area (Å²) in [6.07, 6.45) is 2.93. The van der Waals surface area contributed by atoms with E-state index in [4.69, 9.17) is 14.4 Å². The van der Waals surface area contributed by atoms with Crippen molar-refractivity contribution in [1.82, 2.24) is 9.97 Å². The van der Waals surface area contributed by atoms with Gasteiger partial charge in [0.15, 0.2) is 11.6 Å². The number of furan rings is 1. The van der Waals surface area contributed by atoms with Crippen LogP contribution in [0.1, 0.15) is 15.9 Å². The fraction of sp³-hybridized carbons (Fsp3) is 0.107. The highest BCUT2D eigenvalue weighted by Gasteiger charge is 2.14. The SMILES string of the molecule is CN=Nc1ccc(Nc2nc(-c3ccccc3NCC(=O)c3ccoc3)nc3ccccc23)cc1C. The Labute approximate surface area is 208 Å². The van der Waals surface area contributed by atoms with Gasteiger partial charge in [0.1, 0.15) is 12.1 Å². The van der Waals surface area contributed by atoms with Gasteiger partial charge in [-0.2, -0.15) is 10.2 Å². The van der Waals surface area contributed by atoms with E-state index in [1.807, 2.05) is 73.7 Å². The quantitative estimate of drug-likeness (QED) is 0.185. The molecule has 0 aliphatic carbocycles. The molecule has 178 valence electrons. The second-order valence-corrected chi connectivity index (χ2v) is 8.17. The van der Waals surface area contributed by atoms with E-state index in [0.717, 1.165) is 39.1 Å². The molecular formula is C28H24N6O2. The lowest BCUT2D eigenvalue weighted by molar-refractivity contribution is 0.101. The summed E-state index contributed by atoms with van der Waals surface area (Å²) in [5.74, 6) is 1.16. The van der Waals surface area contributed by atoms with Crippen molar-refractivity contribution in [2.45, 2.75) is 6.92 Å². The van der Waals surface area contributed by atoms with Gasteiger partial charge in [-0.3, -0.25) is 4.79 Å². The fourth-order valence-corrected chi connectivity index (χ4v) is 3.92. The normalized spacial score (nSPS) is 11.2. The first kappa shape index (κ1) is 22.9. The number of aromatic nitrogens is 2. The second kappa shape index (κ2) is 10.2. The molecule has 0 bridgehead atoms. The van der Waals surface area contributed by atoms with E-state index in [1.54, 1.807) is 13.1 Å². The van der Waals surface area contributed by atoms with Crippen LogP contribution in [0.4, 0.5) is 22.9 Å². The maximum Gasteiger partial charge on any atom is 0.185 e. The van der Waals surface area contributed by atoms with Crippen LogP contribution >= 0.6 is 0 Å². The number of anilines is 3. The predicted molar refractivity (Wildman–Crippen MR) is 141 cm³/mol. The second-order valence-electron chi connectivity index (χ2n) is 8.17. The molecule has 5 rings (SSSR count). The Kier molecular flexibility index (Phi) is 6.48. The van der Waals surface area contributed by atoms with Crippen molar-refractivity contribution in [2.75, 3.05) is 24.2 Å². The highest BCUT2D eigenvalue weighted by Crippen LogP contribution is 2.32. The van der Waals surface area contributed by atoms with Gasteiger partial charge in [0.25, 0.3) is 0 Å². The molecule has 0 saturated carbocycles. The third-order valence-electron chi connectivity index (χ3n) is 5.72. The summed E-state index contributed by atoms with van der Waals surface area (Å²) >= 11 is 0. The van der Waals surface area contributed by atoms with Gasteiger partial charge in [0.2, 0.25) is 0 Å². The number of hydrogen-bond donors (Lipinski definition) is 2. The molecule has 0 atom stereocenters. The van der Waals surface area contributed by atoms with E-state index in [2.05, 4.69) is 20.9 Å². The summed E-state index contributed by atoms with van der Waals surface area (Å²) in [4.78, 5) is 22.2. The molecule has 2 heterocycles. The largest absolute Gasteiger partial charge is 0.472 e. The summed E-state index contributed by atoms with van der Waals surface area (Å²) in [5, 5.41) is 15.6. The Morgan fingerprint density at radius 1 is 1.00 bits per heavy atom. The lowest BCUT2D eigenvalue weighted by Gasteiger charge is -2.14. The zero-order valence-electron chi connectivity index (χ0n) is 19.9. The van der Waals surface area contributed by atoms with E-state index in [1.165, 1.54) is 12.5 Å². The first-order valence-corrected chi connectivity index (χ1v) is 11.5. The van der Waals surface area contributed by atoms with Crippen molar-refractivity contribution in [3.63, 3.8) is 0 Å². The molecule has 5 aromatic rings. The van der Waals surface area contributed by atoms with Gasteiger partial charge in [-0.25, -0.2) is 9.97 Å². The molecule has 0 fully saturated rings. The summed E-state index contributed by atoms with van der Waals surface area (Å²) in [5.41, 5.74) is 5.59. The van der Waals surface area contributed by atoms with Crippen LogP contribution in [-0.2, 0) is 0 Å². The minimum Gasteiger partial charge on any atom is -0.472 e. The number of carbonyl (C=O) groups is 1. The predicted octanol–water partition coefficient (Wildman–Crippen LogP) is 6.95. The number of Topliss-reactive ketones (excluding diaryl/α,β-unsaturated/α-hetero) is 1. The number of fused-ring (bicyclic) bond motifs is 1. The van der Waals surface area contributed by atoms with Gasteiger partial charge in [0, 0.05) is 29.4 Å². The Bertz CT molecular complexity index is 1560. The molecule has 2 aromatic heterocycles. The fourth-order valence-electron chi connectivity index (χ4n) is 3.92. The Balaban J connectivity index is 1.50. The van der Waals surface area contributed by atoms with Crippen LogP contribution in [0.15, 0.2) is 100.0 Å². The van der Waals surface area contributed by atoms with E-state index < -0.39 is 0 Å². The average Bonchev–Trinajstić information content (AvgIpc) is 3.44.